The van der Waals surface area contributed by atoms with Crippen molar-refractivity contribution < 1.29 is 13.5 Å². The lowest BCUT2D eigenvalue weighted by Crippen LogP contribution is -2.20. The second kappa shape index (κ2) is 6.12. The Morgan fingerprint density at radius 3 is 2.37 bits per heavy atom. The van der Waals surface area contributed by atoms with Crippen molar-refractivity contribution in [1.82, 2.24) is 9.97 Å². The molecule has 108 valence electrons. The Kier molecular flexibility index (Phi) is 5.03. The van der Waals surface area contributed by atoms with Crippen LogP contribution >= 0.6 is 0 Å². The summed E-state index contributed by atoms with van der Waals surface area (Å²) in [7, 11) is 0. The molecule has 0 aliphatic carbocycles. The topological polar surface area (TPSA) is 47.0 Å². The number of halogens is 2. The van der Waals surface area contributed by atoms with Gasteiger partial charge in [0.2, 0.25) is 5.88 Å². The van der Waals surface area contributed by atoms with Crippen molar-refractivity contribution in [1.29, 1.82) is 0 Å². The fourth-order valence-corrected chi connectivity index (χ4v) is 1.45. The number of nitrogens with zero attached hydrogens (tertiary/aromatic N) is 2. The van der Waals surface area contributed by atoms with Crippen LogP contribution in [0.1, 0.15) is 39.1 Å². The molecule has 0 saturated carbocycles. The van der Waals surface area contributed by atoms with E-state index in [9.17, 15) is 8.78 Å². The number of aromatic nitrogens is 2. The zero-order valence-electron chi connectivity index (χ0n) is 12.1. The summed E-state index contributed by atoms with van der Waals surface area (Å²) in [5, 5.41) is 3.10. The number of anilines is 1. The number of ether oxygens (including phenoxy) is 1. The Hall–Kier alpha value is -1.46. The number of hydrogen-bond donors (Lipinski definition) is 1. The van der Waals surface area contributed by atoms with Gasteiger partial charge in [0, 0.05) is 12.0 Å². The van der Waals surface area contributed by atoms with Crippen molar-refractivity contribution in [3.05, 3.63) is 11.4 Å². The summed E-state index contributed by atoms with van der Waals surface area (Å²) in [5.41, 5.74) is 0.372. The zero-order valence-corrected chi connectivity index (χ0v) is 12.1. The summed E-state index contributed by atoms with van der Waals surface area (Å²) < 4.78 is 29.6. The first kappa shape index (κ1) is 15.6. The Bertz CT molecular complexity index is 431. The smallest absolute Gasteiger partial charge is 0.272 e. The van der Waals surface area contributed by atoms with E-state index in [2.05, 4.69) is 15.3 Å². The predicted molar refractivity (Wildman–Crippen MR) is 71.1 cm³/mol. The van der Waals surface area contributed by atoms with E-state index in [0.29, 0.717) is 23.8 Å². The van der Waals surface area contributed by atoms with Gasteiger partial charge in [-0.25, -0.2) is 13.8 Å². The Morgan fingerprint density at radius 2 is 1.89 bits per heavy atom. The molecule has 0 aliphatic heterocycles. The van der Waals surface area contributed by atoms with Gasteiger partial charge < -0.3 is 10.1 Å². The normalized spacial score (nSPS) is 11.8. The molecule has 0 aromatic carbocycles. The number of hydrogen-bond acceptors (Lipinski definition) is 4. The lowest BCUT2D eigenvalue weighted by molar-refractivity contribution is 0.0789. The summed E-state index contributed by atoms with van der Waals surface area (Å²) >= 11 is 0. The molecule has 0 radical (unpaired) electrons. The first-order valence-electron chi connectivity index (χ1n) is 6.29. The third-order valence-corrected chi connectivity index (χ3v) is 2.46. The van der Waals surface area contributed by atoms with Gasteiger partial charge in [-0.1, -0.05) is 20.8 Å². The van der Waals surface area contributed by atoms with Gasteiger partial charge in [0.25, 0.3) is 6.43 Å². The molecule has 19 heavy (non-hydrogen) atoms. The van der Waals surface area contributed by atoms with Crippen LogP contribution < -0.4 is 10.1 Å². The van der Waals surface area contributed by atoms with Gasteiger partial charge in [-0.05, 0) is 13.8 Å². The lowest BCUT2D eigenvalue weighted by Gasteiger charge is -2.20. The highest BCUT2D eigenvalue weighted by Crippen LogP contribution is 2.27. The van der Waals surface area contributed by atoms with Crippen LogP contribution in [0.4, 0.5) is 14.6 Å². The standard InChI is InChI=1S/C13H21F2N3O/c1-6-16-10-8(2)11(19-7-9(14)15)18-12(17-10)13(3,4)5/h9H,6-7H2,1-5H3,(H,16,17,18). The maximum absolute atomic E-state index is 12.3. The maximum atomic E-state index is 12.3. The second-order valence-electron chi connectivity index (χ2n) is 5.31. The van der Waals surface area contributed by atoms with Crippen molar-refractivity contribution in [3.8, 4) is 5.88 Å². The van der Waals surface area contributed by atoms with Gasteiger partial charge >= 0.3 is 0 Å². The average molecular weight is 273 g/mol. The van der Waals surface area contributed by atoms with Crippen molar-refractivity contribution in [2.24, 2.45) is 0 Å². The molecule has 1 heterocycles. The van der Waals surface area contributed by atoms with Crippen LogP contribution in [-0.2, 0) is 5.41 Å². The van der Waals surface area contributed by atoms with Gasteiger partial charge in [-0.3, -0.25) is 0 Å². The van der Waals surface area contributed by atoms with Gasteiger partial charge in [0.05, 0.1) is 5.56 Å². The van der Waals surface area contributed by atoms with Crippen LogP contribution in [0, 0.1) is 6.92 Å². The first-order valence-corrected chi connectivity index (χ1v) is 6.29. The Labute approximate surface area is 112 Å². The molecule has 0 amide bonds. The lowest BCUT2D eigenvalue weighted by atomic mass is 9.95. The monoisotopic (exact) mass is 273 g/mol. The highest BCUT2D eigenvalue weighted by atomic mass is 19.3. The van der Waals surface area contributed by atoms with E-state index in [1.807, 2.05) is 27.7 Å². The van der Waals surface area contributed by atoms with Crippen LogP contribution in [-0.4, -0.2) is 29.5 Å². The molecule has 0 bridgehead atoms. The van der Waals surface area contributed by atoms with E-state index in [0.717, 1.165) is 0 Å². The number of nitrogens with one attached hydrogen (secondary N) is 1. The van der Waals surface area contributed by atoms with Crippen LogP contribution in [0.15, 0.2) is 0 Å². The summed E-state index contributed by atoms with van der Waals surface area (Å²) in [6, 6.07) is 0. The summed E-state index contributed by atoms with van der Waals surface area (Å²) in [6.07, 6.45) is -2.52. The van der Waals surface area contributed by atoms with Crippen LogP contribution in [0.25, 0.3) is 0 Å². The highest BCUT2D eigenvalue weighted by Gasteiger charge is 2.22. The zero-order chi connectivity index (χ0) is 14.6. The van der Waals surface area contributed by atoms with Crippen molar-refractivity contribution in [2.45, 2.75) is 46.5 Å². The van der Waals surface area contributed by atoms with E-state index in [-0.39, 0.29) is 11.3 Å². The molecule has 0 atom stereocenters. The molecule has 1 aromatic rings. The minimum absolute atomic E-state index is 0.219. The van der Waals surface area contributed by atoms with Crippen LogP contribution in [0.3, 0.4) is 0 Å². The molecule has 1 rings (SSSR count). The van der Waals surface area contributed by atoms with E-state index in [4.69, 9.17) is 4.74 Å². The second-order valence-corrected chi connectivity index (χ2v) is 5.31. The van der Waals surface area contributed by atoms with Gasteiger partial charge in [-0.15, -0.1) is 0 Å². The molecule has 0 unspecified atom stereocenters. The molecule has 1 N–H and O–H groups in total. The molecule has 4 nitrogen and oxygen atoms in total. The van der Waals surface area contributed by atoms with E-state index >= 15 is 0 Å². The summed E-state index contributed by atoms with van der Waals surface area (Å²) in [6.45, 7) is 9.62. The van der Waals surface area contributed by atoms with Crippen molar-refractivity contribution in [3.63, 3.8) is 0 Å². The van der Waals surface area contributed by atoms with E-state index in [1.165, 1.54) is 0 Å². The van der Waals surface area contributed by atoms with Crippen LogP contribution in [0.2, 0.25) is 0 Å². The third kappa shape index (κ3) is 4.29. The van der Waals surface area contributed by atoms with E-state index < -0.39 is 13.0 Å². The molecule has 6 heteroatoms. The molecule has 0 fully saturated rings. The minimum atomic E-state index is -2.52. The molecule has 1 aromatic heterocycles. The van der Waals surface area contributed by atoms with Crippen molar-refractivity contribution >= 4 is 5.82 Å². The minimum Gasteiger partial charge on any atom is -0.471 e. The molecular weight excluding hydrogens is 252 g/mol. The largest absolute Gasteiger partial charge is 0.471 e. The number of alkyl halides is 2. The van der Waals surface area contributed by atoms with Gasteiger partial charge in [0.1, 0.15) is 11.6 Å². The van der Waals surface area contributed by atoms with Gasteiger partial charge in [-0.2, -0.15) is 4.98 Å². The van der Waals surface area contributed by atoms with E-state index in [1.54, 1.807) is 6.92 Å². The van der Waals surface area contributed by atoms with Crippen molar-refractivity contribution in [2.75, 3.05) is 18.5 Å². The molecule has 0 spiro atoms. The molecular formula is C13H21F2N3O. The van der Waals surface area contributed by atoms with Gasteiger partial charge in [0.15, 0.2) is 6.61 Å². The summed E-state index contributed by atoms with van der Waals surface area (Å²) in [5.74, 6) is 1.42. The highest BCUT2D eigenvalue weighted by molar-refractivity contribution is 5.49. The number of rotatable bonds is 5. The third-order valence-electron chi connectivity index (χ3n) is 2.46. The molecule has 0 saturated heterocycles. The summed E-state index contributed by atoms with van der Waals surface area (Å²) in [4.78, 5) is 8.68. The molecule has 0 aliphatic rings. The fraction of sp³-hybridized carbons (Fsp3) is 0.692. The predicted octanol–water partition coefficient (Wildman–Crippen LogP) is 3.16. The quantitative estimate of drug-likeness (QED) is 0.895. The SMILES string of the molecule is CCNc1nc(C(C)(C)C)nc(OCC(F)F)c1C. The maximum Gasteiger partial charge on any atom is 0.272 e. The Morgan fingerprint density at radius 1 is 1.26 bits per heavy atom. The fourth-order valence-electron chi connectivity index (χ4n) is 1.45. The first-order chi connectivity index (χ1) is 8.75. The Balaban J connectivity index is 3.16. The average Bonchev–Trinajstić information content (AvgIpc) is 2.28. The van der Waals surface area contributed by atoms with Crippen LogP contribution in [0.5, 0.6) is 5.88 Å².